The summed E-state index contributed by atoms with van der Waals surface area (Å²) in [5.74, 6) is -3.02. The Bertz CT molecular complexity index is 1710. The zero-order valence-electron chi connectivity index (χ0n) is 22.0. The number of piperazine rings is 1. The molecule has 216 valence electrons. The van der Waals surface area contributed by atoms with Crippen LogP contribution < -0.4 is 0 Å². The van der Waals surface area contributed by atoms with Gasteiger partial charge in [-0.25, -0.2) is 25.4 Å². The second-order valence-corrected chi connectivity index (χ2v) is 13.3. The molecule has 1 saturated heterocycles. The van der Waals surface area contributed by atoms with E-state index in [1.807, 2.05) is 0 Å². The number of amides is 2. The summed E-state index contributed by atoms with van der Waals surface area (Å²) in [6, 6.07) is 22.4. The van der Waals surface area contributed by atoms with Crippen LogP contribution in [0.25, 0.3) is 0 Å². The Morgan fingerprint density at radius 2 is 0.881 bits per heavy atom. The van der Waals surface area contributed by atoms with Crippen LogP contribution in [-0.2, 0) is 42.5 Å². The van der Waals surface area contributed by atoms with Gasteiger partial charge in [0.2, 0.25) is 0 Å². The van der Waals surface area contributed by atoms with Gasteiger partial charge in [0.15, 0.2) is 0 Å². The van der Waals surface area contributed by atoms with Gasteiger partial charge in [-0.1, -0.05) is 72.8 Å². The SMILES string of the molecule is O=C1C(Cc2ccccc2)N(S(=O)(=O)c2cccc(O)c2)C(=O)C(Cc2ccccc2)N1S(=O)(=O)c1cccc(O)c1. The van der Waals surface area contributed by atoms with Gasteiger partial charge in [0.25, 0.3) is 31.9 Å². The first-order chi connectivity index (χ1) is 20.0. The number of hydrogen-bond acceptors (Lipinski definition) is 8. The van der Waals surface area contributed by atoms with Crippen molar-refractivity contribution in [2.75, 3.05) is 0 Å². The van der Waals surface area contributed by atoms with Crippen LogP contribution >= 0.6 is 0 Å². The first kappa shape index (κ1) is 28.8. The fraction of sp³-hybridized carbons (Fsp3) is 0.133. The number of phenolic OH excluding ortho intramolecular Hbond substituents is 2. The number of carbonyl (C=O) groups is 2. The first-order valence-electron chi connectivity index (χ1n) is 12.8. The smallest absolute Gasteiger partial charge is 0.267 e. The number of sulfonamides is 2. The molecule has 2 amide bonds. The summed E-state index contributed by atoms with van der Waals surface area (Å²) in [7, 11) is -9.52. The molecule has 5 rings (SSSR count). The van der Waals surface area contributed by atoms with Crippen molar-refractivity contribution in [3.8, 4) is 11.5 Å². The first-order valence-corrected chi connectivity index (χ1v) is 15.7. The van der Waals surface area contributed by atoms with Gasteiger partial charge in [-0.15, -0.1) is 0 Å². The van der Waals surface area contributed by atoms with E-state index in [4.69, 9.17) is 0 Å². The van der Waals surface area contributed by atoms with Crippen LogP contribution in [-0.4, -0.2) is 59.6 Å². The third-order valence-electron chi connectivity index (χ3n) is 6.86. The van der Waals surface area contributed by atoms with Crippen LogP contribution in [0.2, 0.25) is 0 Å². The van der Waals surface area contributed by atoms with E-state index in [9.17, 15) is 36.6 Å². The highest BCUT2D eigenvalue weighted by atomic mass is 32.2. The molecule has 10 nitrogen and oxygen atoms in total. The minimum absolute atomic E-state index is 0.312. The molecule has 2 N–H and O–H groups in total. The summed E-state index contributed by atoms with van der Waals surface area (Å²) in [5, 5.41) is 20.0. The van der Waals surface area contributed by atoms with E-state index in [-0.39, 0.29) is 24.3 Å². The lowest BCUT2D eigenvalue weighted by atomic mass is 9.98. The quantitative estimate of drug-likeness (QED) is 0.311. The molecule has 0 bridgehead atoms. The van der Waals surface area contributed by atoms with Crippen molar-refractivity contribution in [2.45, 2.75) is 34.7 Å². The summed E-state index contributed by atoms with van der Waals surface area (Å²) in [6.07, 6.45) is -0.624. The Morgan fingerprint density at radius 3 is 1.21 bits per heavy atom. The predicted octanol–water partition coefficient (Wildman–Crippen LogP) is 3.07. The van der Waals surface area contributed by atoms with Crippen LogP contribution in [0.15, 0.2) is 119 Å². The van der Waals surface area contributed by atoms with E-state index in [1.165, 1.54) is 36.4 Å². The van der Waals surface area contributed by atoms with Crippen molar-refractivity contribution in [3.05, 3.63) is 120 Å². The van der Waals surface area contributed by atoms with Gasteiger partial charge in [-0.2, -0.15) is 0 Å². The van der Waals surface area contributed by atoms with Gasteiger partial charge in [0.05, 0.1) is 9.79 Å². The van der Waals surface area contributed by atoms with Crippen LogP contribution in [0.1, 0.15) is 11.1 Å². The zero-order chi connectivity index (χ0) is 30.1. The van der Waals surface area contributed by atoms with E-state index in [2.05, 4.69) is 0 Å². The third-order valence-corrected chi connectivity index (χ3v) is 10.5. The lowest BCUT2D eigenvalue weighted by Gasteiger charge is -2.43. The molecule has 0 aromatic heterocycles. The average Bonchev–Trinajstić information content (AvgIpc) is 2.96. The standard InChI is InChI=1S/C30H26N2O8S2/c33-23-13-7-15-25(19-23)41(37,38)31-27(17-21-9-3-1-4-10-21)29(35)32(42(39,40)26-16-8-14-24(34)20-26)28(30(31)36)18-22-11-5-2-6-12-22/h1-16,19-20,27-28,33-34H,17-18H2. The molecule has 2 unspecified atom stereocenters. The second-order valence-electron chi connectivity index (χ2n) is 9.68. The highest BCUT2D eigenvalue weighted by molar-refractivity contribution is 7.90. The maximum absolute atomic E-state index is 14.3. The Morgan fingerprint density at radius 1 is 0.524 bits per heavy atom. The highest BCUT2D eigenvalue weighted by Gasteiger charge is 2.55. The van der Waals surface area contributed by atoms with Crippen LogP contribution in [0.4, 0.5) is 0 Å². The molecule has 1 heterocycles. The molecule has 0 saturated carbocycles. The monoisotopic (exact) mass is 606 g/mol. The summed E-state index contributed by atoms with van der Waals surface area (Å²) in [5.41, 5.74) is 0.965. The van der Waals surface area contributed by atoms with Crippen molar-refractivity contribution in [2.24, 2.45) is 0 Å². The number of phenols is 2. The van der Waals surface area contributed by atoms with Crippen molar-refractivity contribution in [3.63, 3.8) is 0 Å². The molecular formula is C30H26N2O8S2. The van der Waals surface area contributed by atoms with Crippen LogP contribution in [0.3, 0.4) is 0 Å². The number of carbonyl (C=O) groups excluding carboxylic acids is 2. The maximum atomic E-state index is 14.3. The van der Waals surface area contributed by atoms with Gasteiger partial charge in [0.1, 0.15) is 23.6 Å². The molecule has 0 radical (unpaired) electrons. The Balaban J connectivity index is 1.71. The predicted molar refractivity (Wildman–Crippen MR) is 152 cm³/mol. The number of benzene rings is 4. The van der Waals surface area contributed by atoms with Gasteiger partial charge in [-0.3, -0.25) is 9.59 Å². The van der Waals surface area contributed by atoms with E-state index in [1.54, 1.807) is 60.7 Å². The summed E-state index contributed by atoms with van der Waals surface area (Å²) in [4.78, 5) is 27.7. The fourth-order valence-electron chi connectivity index (χ4n) is 4.90. The molecule has 4 aromatic carbocycles. The molecule has 1 fully saturated rings. The van der Waals surface area contributed by atoms with E-state index < -0.39 is 53.7 Å². The maximum Gasteiger partial charge on any atom is 0.267 e. The van der Waals surface area contributed by atoms with E-state index >= 15 is 0 Å². The Labute approximate surface area is 243 Å². The van der Waals surface area contributed by atoms with Crippen LogP contribution in [0.5, 0.6) is 11.5 Å². The molecule has 12 heteroatoms. The molecule has 1 aliphatic heterocycles. The van der Waals surface area contributed by atoms with E-state index in [0.717, 1.165) is 12.1 Å². The molecule has 0 spiro atoms. The summed E-state index contributed by atoms with van der Waals surface area (Å²) in [6.45, 7) is 0. The minimum Gasteiger partial charge on any atom is -0.508 e. The van der Waals surface area contributed by atoms with Gasteiger partial charge >= 0.3 is 0 Å². The topological polar surface area (TPSA) is 149 Å². The average molecular weight is 607 g/mol. The fourth-order valence-corrected chi connectivity index (χ4v) is 8.11. The van der Waals surface area contributed by atoms with Crippen molar-refractivity contribution in [1.29, 1.82) is 0 Å². The zero-order valence-corrected chi connectivity index (χ0v) is 23.6. The lowest BCUT2D eigenvalue weighted by Crippen LogP contribution is -2.68. The van der Waals surface area contributed by atoms with Gasteiger partial charge in [0, 0.05) is 25.0 Å². The van der Waals surface area contributed by atoms with Gasteiger partial charge < -0.3 is 10.2 Å². The van der Waals surface area contributed by atoms with Crippen molar-refractivity contribution >= 4 is 31.9 Å². The molecule has 1 aliphatic rings. The largest absolute Gasteiger partial charge is 0.508 e. The number of nitrogens with zero attached hydrogens (tertiary/aromatic N) is 2. The van der Waals surface area contributed by atoms with Crippen molar-refractivity contribution in [1.82, 2.24) is 8.61 Å². The highest BCUT2D eigenvalue weighted by Crippen LogP contribution is 2.34. The van der Waals surface area contributed by atoms with Gasteiger partial charge in [-0.05, 0) is 35.4 Å². The lowest BCUT2D eigenvalue weighted by molar-refractivity contribution is -0.150. The molecule has 42 heavy (non-hydrogen) atoms. The second kappa shape index (κ2) is 11.3. The van der Waals surface area contributed by atoms with E-state index in [0.29, 0.717) is 19.7 Å². The third kappa shape index (κ3) is 5.46. The Hall–Kier alpha value is -4.68. The molecule has 0 aliphatic carbocycles. The molecule has 4 aromatic rings. The summed E-state index contributed by atoms with van der Waals surface area (Å²) < 4.78 is 56.9. The molecule has 2 atom stereocenters. The molecular weight excluding hydrogens is 580 g/mol. The number of hydrogen-bond donors (Lipinski definition) is 2. The number of aromatic hydroxyl groups is 2. The summed E-state index contributed by atoms with van der Waals surface area (Å²) >= 11 is 0. The minimum atomic E-state index is -4.76. The van der Waals surface area contributed by atoms with Crippen LogP contribution in [0, 0.1) is 0 Å². The van der Waals surface area contributed by atoms with Crippen molar-refractivity contribution < 1.29 is 36.6 Å². The Kier molecular flexibility index (Phi) is 7.76. The number of rotatable bonds is 8. The normalized spacial score (nSPS) is 17.8.